The fourth-order valence-corrected chi connectivity index (χ4v) is 28.5. The van der Waals surface area contributed by atoms with Gasteiger partial charge in [-0.2, -0.15) is 0 Å². The van der Waals surface area contributed by atoms with Gasteiger partial charge in [-0.15, -0.1) is 0 Å². The van der Waals surface area contributed by atoms with Gasteiger partial charge in [0.25, 0.3) is 0 Å². The first-order chi connectivity index (χ1) is 47.7. The first kappa shape index (κ1) is 86.4. The fraction of sp³-hybridized carbons (Fsp3) is 0.800. The van der Waals surface area contributed by atoms with Gasteiger partial charge in [0.2, 0.25) is 0 Å². The molecular weight excluding hydrogens is 1530 g/mol. The smallest absolute Gasteiger partial charge is 0.0654 e. The summed E-state index contributed by atoms with van der Waals surface area (Å²) in [6.07, 6.45) is 85.5. The van der Waals surface area contributed by atoms with Gasteiger partial charge in [-0.1, -0.05) is 207 Å². The second kappa shape index (κ2) is 49.4. The summed E-state index contributed by atoms with van der Waals surface area (Å²) in [5.74, 6) is 0. The molecule has 1 aromatic heterocycles. The summed E-state index contributed by atoms with van der Waals surface area (Å²) < 4.78 is 19.3. The Labute approximate surface area is 631 Å². The molecule has 4 nitrogen and oxygen atoms in total. The number of hydrogen-bond acceptors (Lipinski definition) is 4. The monoisotopic (exact) mass is 1690 g/mol. The van der Waals surface area contributed by atoms with E-state index in [1.165, 1.54) is 422 Å². The molecule has 0 amide bonds. The van der Waals surface area contributed by atoms with Crippen LogP contribution in [0.1, 0.15) is 435 Å². The topological polar surface area (TPSA) is 62.0 Å². The number of allylic oxidation sites excluding steroid dienone is 4. The third-order valence-corrected chi connectivity index (χ3v) is 37.1. The molecule has 1 radical (unpaired) electrons. The van der Waals surface area contributed by atoms with Crippen LogP contribution in [0.15, 0.2) is 37.4 Å². The van der Waals surface area contributed by atoms with Crippen molar-refractivity contribution < 1.29 is 0 Å². The molecule has 6 rings (SSSR count). The van der Waals surface area contributed by atoms with Crippen LogP contribution in [0.5, 0.6) is 0 Å². The summed E-state index contributed by atoms with van der Waals surface area (Å²) in [7, 11) is 0. The van der Waals surface area contributed by atoms with Crippen LogP contribution in [-0.2, 0) is 10.8 Å². The summed E-state index contributed by atoms with van der Waals surface area (Å²) >= 11 is -2.48. The van der Waals surface area contributed by atoms with E-state index < -0.39 is 36.8 Å². The Morgan fingerprint density at radius 1 is 0.357 bits per heavy atom. The van der Waals surface area contributed by atoms with E-state index in [-0.39, 0.29) is 25.8 Å². The number of benzene rings is 2. The molecular formula is C90H155N4Se2Sn2. The fourth-order valence-electron chi connectivity index (χ4n) is 18.1. The summed E-state index contributed by atoms with van der Waals surface area (Å²) in [5, 5.41) is 10.3. The van der Waals surface area contributed by atoms with Crippen LogP contribution < -0.4 is 3.58 Å². The van der Waals surface area contributed by atoms with E-state index in [1.54, 1.807) is 25.8 Å². The van der Waals surface area contributed by atoms with Crippen molar-refractivity contribution in [2.45, 2.75) is 453 Å². The second-order valence-electron chi connectivity index (χ2n) is 34.5. The van der Waals surface area contributed by atoms with Crippen LogP contribution in [0.4, 0.5) is 0 Å². The third kappa shape index (κ3) is 27.7. The molecule has 0 unspecified atom stereocenters. The summed E-state index contributed by atoms with van der Waals surface area (Å²) in [6.45, 7) is 9.33. The zero-order valence-corrected chi connectivity index (χ0v) is 75.5. The zero-order chi connectivity index (χ0) is 70.2. The number of nitrogens with zero attached hydrogens (tertiary/aromatic N) is 3. The Morgan fingerprint density at radius 2 is 0.643 bits per heavy atom. The minimum atomic E-state index is -2.87. The van der Waals surface area contributed by atoms with Crippen LogP contribution in [0.2, 0.25) is 29.6 Å². The predicted octanol–water partition coefficient (Wildman–Crippen LogP) is 29.4. The average molecular weight is 1690 g/mol. The number of unbranched alkanes of at least 4 members (excludes halogenated alkanes) is 52. The molecule has 3 aliphatic carbocycles. The van der Waals surface area contributed by atoms with Crippen LogP contribution in [0.25, 0.3) is 27.7 Å². The normalized spacial score (nSPS) is 15.3. The minimum absolute atomic E-state index is 0.0735. The molecule has 0 spiro atoms. The maximum atomic E-state index is 10.3. The zero-order valence-electron chi connectivity index (χ0n) is 66.4. The van der Waals surface area contributed by atoms with Gasteiger partial charge in [0.1, 0.15) is 0 Å². The molecule has 3 aromatic rings. The van der Waals surface area contributed by atoms with E-state index in [0.717, 1.165) is 11.4 Å². The van der Waals surface area contributed by atoms with Crippen LogP contribution in [-0.4, -0.2) is 87.3 Å². The molecule has 98 heavy (non-hydrogen) atoms. The van der Waals surface area contributed by atoms with Crippen molar-refractivity contribution in [3.05, 3.63) is 55.7 Å². The van der Waals surface area contributed by atoms with E-state index >= 15 is 0 Å². The molecule has 0 aliphatic heterocycles. The molecule has 2 aromatic carbocycles. The Hall–Kier alpha value is -0.504. The van der Waals surface area contributed by atoms with E-state index in [2.05, 4.69) is 97.8 Å². The summed E-state index contributed by atoms with van der Waals surface area (Å²) in [5.41, 5.74) is 16.3. The van der Waals surface area contributed by atoms with E-state index in [9.17, 15) is 5.41 Å². The first-order valence-corrected chi connectivity index (χ1v) is 65.8. The molecule has 0 fully saturated rings. The van der Waals surface area contributed by atoms with Gasteiger partial charge in [0.05, 0.1) is 0 Å². The van der Waals surface area contributed by atoms with Gasteiger partial charge in [-0.25, -0.2) is 0 Å². The average Bonchev–Trinajstić information content (AvgIpc) is 1.52. The molecule has 8 heteroatoms. The molecule has 555 valence electrons. The van der Waals surface area contributed by atoms with Gasteiger partial charge in [0, 0.05) is 0 Å². The van der Waals surface area contributed by atoms with Crippen molar-refractivity contribution in [2.75, 3.05) is 0 Å². The molecule has 1 heterocycles. The first-order valence-electron chi connectivity index (χ1n) is 43.5. The predicted molar refractivity (Wildman–Crippen MR) is 446 cm³/mol. The van der Waals surface area contributed by atoms with Crippen LogP contribution in [0.3, 0.4) is 0 Å². The van der Waals surface area contributed by atoms with Gasteiger partial charge >= 0.3 is 430 Å². The van der Waals surface area contributed by atoms with Crippen molar-refractivity contribution in [2.24, 2.45) is 4.01 Å². The molecule has 0 bridgehead atoms. The van der Waals surface area contributed by atoms with Gasteiger partial charge in [-0.05, 0) is 0 Å². The molecule has 0 saturated carbocycles. The van der Waals surface area contributed by atoms with Gasteiger partial charge < -0.3 is 0 Å². The van der Waals surface area contributed by atoms with E-state index in [0.29, 0.717) is 0 Å². The number of hydrogen-bond donors (Lipinski definition) is 1. The van der Waals surface area contributed by atoms with Crippen LogP contribution in [0, 0.1) is 5.41 Å². The van der Waals surface area contributed by atoms with Crippen LogP contribution >= 0.6 is 0 Å². The third-order valence-electron chi connectivity index (χ3n) is 24.1. The quantitative estimate of drug-likeness (QED) is 0.0348. The minimum Gasteiger partial charge on any atom is -0.0654 e. The van der Waals surface area contributed by atoms with Gasteiger partial charge in [0.15, 0.2) is 0 Å². The molecule has 3 aliphatic rings. The standard InChI is InChI=1S/C84H137N4Se2.6CH3.2Sn/c1-5-9-13-17-21-25-29-33-37-41-45-49-53-57-65-83(66-58-54-50-46-42-38-34-30-26-22-18-14-10-6-2)73-61-63-77(85)81(86-89)79(73)71-69-76-72(70-75(71)83)80-74(62-64-78-82(80)88-90-87-78)84(76,67-59-55-51-47-43-39-35-31-27-23-19-15-11-7-3)68-60-56-52-48-44-40-36-32-28-24-20-16-12-8-4;;;;;;;;/h61-62,69-70,85H,5-60,65-68H2,1-4H3;6*1H3;;/b85-77?,86-81+;;;;;;;;. The summed E-state index contributed by atoms with van der Waals surface area (Å²) in [6, 6.07) is 8.54. The Balaban J connectivity index is 1.36. The number of aromatic nitrogens is 2. The van der Waals surface area contributed by atoms with E-state index in [1.807, 2.05) is 0 Å². The van der Waals surface area contributed by atoms with E-state index in [4.69, 9.17) is 12.0 Å². The number of nitrogens with one attached hydrogen (secondary N) is 1. The Kier molecular flexibility index (Phi) is 43.5. The van der Waals surface area contributed by atoms with Crippen molar-refractivity contribution >= 4 is 99.6 Å². The molecule has 0 saturated heterocycles. The Morgan fingerprint density at radius 3 is 0.949 bits per heavy atom. The second-order valence-corrected chi connectivity index (χ2v) is 64.7. The summed E-state index contributed by atoms with van der Waals surface area (Å²) in [4.78, 5) is 15.6. The van der Waals surface area contributed by atoms with Crippen molar-refractivity contribution in [3.63, 3.8) is 0 Å². The SMILES string of the molecule is CCCCCCCCCCCCCCCCC1(CCCCCCCCCCCCCCCC)C2=C(/C(=N/[Se])C(=N)[C]([Sn]([CH3])([CH3])[CH3])=C2)c2cc3c(cc21)-c1c(c[c]([Sn]([CH3])([CH3])[CH3])c2n[se]nc12)C3(CCCCCCCCCCCCCCCC)CCCCCCCCCCCCCCCC. The Bertz CT molecular complexity index is 2710. The number of fused-ring (bicyclic) bond motifs is 7. The molecule has 1 N–H and O–H groups in total. The molecule has 0 atom stereocenters. The van der Waals surface area contributed by atoms with Crippen molar-refractivity contribution in [1.82, 2.24) is 7.96 Å². The maximum absolute atomic E-state index is 10.3. The number of rotatable bonds is 62. The van der Waals surface area contributed by atoms with Gasteiger partial charge in [-0.3, -0.25) is 0 Å². The van der Waals surface area contributed by atoms with Crippen molar-refractivity contribution in [3.8, 4) is 11.1 Å². The van der Waals surface area contributed by atoms with Crippen molar-refractivity contribution in [1.29, 1.82) is 5.41 Å².